The van der Waals surface area contributed by atoms with E-state index in [1.165, 1.54) is 0 Å². The van der Waals surface area contributed by atoms with Crippen LogP contribution in [0.15, 0.2) is 18.3 Å². The zero-order valence-electron chi connectivity index (χ0n) is 10.9. The molecule has 5 heteroatoms. The van der Waals surface area contributed by atoms with Gasteiger partial charge in [-0.25, -0.2) is 4.98 Å². The van der Waals surface area contributed by atoms with Crippen molar-refractivity contribution >= 4 is 17.4 Å². The van der Waals surface area contributed by atoms with Crippen LogP contribution in [0, 0.1) is 0 Å². The Hall–Kier alpha value is -1.62. The van der Waals surface area contributed by atoms with Crippen LogP contribution in [0.2, 0.25) is 0 Å². The Morgan fingerprint density at radius 1 is 1.50 bits per heavy atom. The summed E-state index contributed by atoms with van der Waals surface area (Å²) < 4.78 is 0. The molecule has 1 heterocycles. The van der Waals surface area contributed by atoms with Crippen molar-refractivity contribution in [1.29, 1.82) is 0 Å². The smallest absolute Gasteiger partial charge is 0.224 e. The van der Waals surface area contributed by atoms with E-state index in [0.717, 1.165) is 12.8 Å². The second-order valence-electron chi connectivity index (χ2n) is 4.31. The van der Waals surface area contributed by atoms with Gasteiger partial charge in [-0.2, -0.15) is 0 Å². The van der Waals surface area contributed by atoms with Crippen molar-refractivity contribution in [3.05, 3.63) is 18.3 Å². The number of rotatable bonds is 7. The highest BCUT2D eigenvalue weighted by Crippen LogP contribution is 2.10. The molecule has 1 amide bonds. The SMILES string of the molecule is CCCCC(=O)Nc1ccc(NCC(C)O)nc1. The quantitative estimate of drug-likeness (QED) is 0.693. The van der Waals surface area contributed by atoms with Crippen LogP contribution in [0.25, 0.3) is 0 Å². The normalized spacial score (nSPS) is 11.9. The second-order valence-corrected chi connectivity index (χ2v) is 4.31. The standard InChI is InChI=1S/C13H21N3O2/c1-3-4-5-13(18)16-11-6-7-12(15-9-11)14-8-10(2)17/h6-7,9-10,17H,3-5,8H2,1-2H3,(H,14,15)(H,16,18). The van der Waals surface area contributed by atoms with E-state index in [1.807, 2.05) is 0 Å². The molecular weight excluding hydrogens is 230 g/mol. The van der Waals surface area contributed by atoms with E-state index >= 15 is 0 Å². The number of hydrogen-bond acceptors (Lipinski definition) is 4. The third-order valence-electron chi connectivity index (χ3n) is 2.38. The molecule has 100 valence electrons. The Morgan fingerprint density at radius 3 is 2.83 bits per heavy atom. The van der Waals surface area contributed by atoms with Gasteiger partial charge in [-0.05, 0) is 25.5 Å². The van der Waals surface area contributed by atoms with Crippen molar-refractivity contribution in [3.8, 4) is 0 Å². The van der Waals surface area contributed by atoms with Gasteiger partial charge in [0, 0.05) is 13.0 Å². The van der Waals surface area contributed by atoms with E-state index in [2.05, 4.69) is 22.5 Å². The van der Waals surface area contributed by atoms with E-state index in [-0.39, 0.29) is 5.91 Å². The summed E-state index contributed by atoms with van der Waals surface area (Å²) in [5, 5.41) is 14.9. The lowest BCUT2D eigenvalue weighted by Gasteiger charge is -2.08. The number of pyridine rings is 1. The van der Waals surface area contributed by atoms with Gasteiger partial charge in [-0.1, -0.05) is 13.3 Å². The van der Waals surface area contributed by atoms with Crippen LogP contribution in [-0.2, 0) is 4.79 Å². The van der Waals surface area contributed by atoms with Gasteiger partial charge in [-0.3, -0.25) is 4.79 Å². The van der Waals surface area contributed by atoms with Crippen molar-refractivity contribution in [1.82, 2.24) is 4.98 Å². The van der Waals surface area contributed by atoms with Crippen molar-refractivity contribution in [3.63, 3.8) is 0 Å². The molecule has 1 rings (SSSR count). The number of aliphatic hydroxyl groups excluding tert-OH is 1. The fraction of sp³-hybridized carbons (Fsp3) is 0.538. The van der Waals surface area contributed by atoms with Gasteiger partial charge in [0.15, 0.2) is 0 Å². The zero-order chi connectivity index (χ0) is 13.4. The highest BCUT2D eigenvalue weighted by molar-refractivity contribution is 5.90. The average molecular weight is 251 g/mol. The molecule has 0 bridgehead atoms. The van der Waals surface area contributed by atoms with Crippen molar-refractivity contribution < 1.29 is 9.90 Å². The molecule has 18 heavy (non-hydrogen) atoms. The number of nitrogens with zero attached hydrogens (tertiary/aromatic N) is 1. The van der Waals surface area contributed by atoms with Crippen LogP contribution < -0.4 is 10.6 Å². The van der Waals surface area contributed by atoms with Crippen LogP contribution in [0.5, 0.6) is 0 Å². The number of amides is 1. The van der Waals surface area contributed by atoms with E-state index in [4.69, 9.17) is 5.11 Å². The number of anilines is 2. The Bertz CT molecular complexity index is 363. The first-order valence-electron chi connectivity index (χ1n) is 6.29. The molecule has 0 aromatic carbocycles. The summed E-state index contributed by atoms with van der Waals surface area (Å²) in [6.07, 6.45) is 3.63. The van der Waals surface area contributed by atoms with Gasteiger partial charge in [0.2, 0.25) is 5.91 Å². The number of carbonyl (C=O) groups excluding carboxylic acids is 1. The molecule has 0 aliphatic heterocycles. The molecule has 3 N–H and O–H groups in total. The molecule has 5 nitrogen and oxygen atoms in total. The molecule has 1 atom stereocenters. The monoisotopic (exact) mass is 251 g/mol. The number of aromatic nitrogens is 1. The molecule has 0 fully saturated rings. The summed E-state index contributed by atoms with van der Waals surface area (Å²) in [5.41, 5.74) is 0.693. The van der Waals surface area contributed by atoms with Crippen molar-refractivity contribution in [2.24, 2.45) is 0 Å². The molecule has 1 aromatic heterocycles. The van der Waals surface area contributed by atoms with Gasteiger partial charge in [0.25, 0.3) is 0 Å². The van der Waals surface area contributed by atoms with E-state index in [1.54, 1.807) is 25.3 Å². The minimum atomic E-state index is -0.416. The van der Waals surface area contributed by atoms with Gasteiger partial charge in [0.05, 0.1) is 18.0 Å². The molecule has 1 unspecified atom stereocenters. The van der Waals surface area contributed by atoms with Gasteiger partial charge >= 0.3 is 0 Å². The Morgan fingerprint density at radius 2 is 2.28 bits per heavy atom. The summed E-state index contributed by atoms with van der Waals surface area (Å²) in [7, 11) is 0. The van der Waals surface area contributed by atoms with Crippen LogP contribution in [0.1, 0.15) is 33.1 Å². The van der Waals surface area contributed by atoms with E-state index < -0.39 is 6.10 Å². The predicted octanol–water partition coefficient (Wildman–Crippen LogP) is 2.00. The fourth-order valence-corrected chi connectivity index (χ4v) is 1.39. The van der Waals surface area contributed by atoms with Crippen LogP contribution >= 0.6 is 0 Å². The lowest BCUT2D eigenvalue weighted by Crippen LogP contribution is -2.16. The number of hydrogen-bond donors (Lipinski definition) is 3. The Kier molecular flexibility index (Phi) is 6.14. The lowest BCUT2D eigenvalue weighted by atomic mass is 10.2. The van der Waals surface area contributed by atoms with E-state index in [0.29, 0.717) is 24.5 Å². The number of unbranched alkanes of at least 4 members (excludes halogenated alkanes) is 1. The highest BCUT2D eigenvalue weighted by atomic mass is 16.3. The minimum Gasteiger partial charge on any atom is -0.392 e. The minimum absolute atomic E-state index is 0.0170. The molecular formula is C13H21N3O2. The second kappa shape index (κ2) is 7.66. The summed E-state index contributed by atoms with van der Waals surface area (Å²) in [6, 6.07) is 3.57. The van der Waals surface area contributed by atoms with Gasteiger partial charge < -0.3 is 15.7 Å². The van der Waals surface area contributed by atoms with Crippen LogP contribution in [0.4, 0.5) is 11.5 Å². The summed E-state index contributed by atoms with van der Waals surface area (Å²) >= 11 is 0. The Balaban J connectivity index is 2.42. The number of aliphatic hydroxyl groups is 1. The maximum Gasteiger partial charge on any atom is 0.224 e. The van der Waals surface area contributed by atoms with Crippen molar-refractivity contribution in [2.75, 3.05) is 17.2 Å². The average Bonchev–Trinajstić information content (AvgIpc) is 2.35. The number of nitrogens with one attached hydrogen (secondary N) is 2. The third-order valence-corrected chi connectivity index (χ3v) is 2.38. The first-order valence-corrected chi connectivity index (χ1v) is 6.29. The number of carbonyl (C=O) groups is 1. The molecule has 0 aliphatic rings. The fourth-order valence-electron chi connectivity index (χ4n) is 1.39. The maximum atomic E-state index is 11.5. The summed E-state index contributed by atoms with van der Waals surface area (Å²) in [6.45, 7) is 4.21. The molecule has 0 radical (unpaired) electrons. The first-order chi connectivity index (χ1) is 8.61. The molecule has 0 aliphatic carbocycles. The zero-order valence-corrected chi connectivity index (χ0v) is 10.9. The maximum absolute atomic E-state index is 11.5. The largest absolute Gasteiger partial charge is 0.392 e. The molecule has 0 saturated carbocycles. The van der Waals surface area contributed by atoms with Gasteiger partial charge in [0.1, 0.15) is 5.82 Å². The molecule has 0 spiro atoms. The molecule has 1 aromatic rings. The first kappa shape index (κ1) is 14.4. The highest BCUT2D eigenvalue weighted by Gasteiger charge is 2.02. The molecule has 0 saturated heterocycles. The van der Waals surface area contributed by atoms with Crippen molar-refractivity contribution in [2.45, 2.75) is 39.2 Å². The third kappa shape index (κ3) is 5.63. The van der Waals surface area contributed by atoms with E-state index in [9.17, 15) is 4.79 Å². The predicted molar refractivity (Wildman–Crippen MR) is 72.6 cm³/mol. The lowest BCUT2D eigenvalue weighted by molar-refractivity contribution is -0.116. The van der Waals surface area contributed by atoms with Crippen LogP contribution in [-0.4, -0.2) is 28.6 Å². The van der Waals surface area contributed by atoms with Gasteiger partial charge in [-0.15, -0.1) is 0 Å². The summed E-state index contributed by atoms with van der Waals surface area (Å²) in [4.78, 5) is 15.6. The summed E-state index contributed by atoms with van der Waals surface area (Å²) in [5.74, 6) is 0.700. The Labute approximate surface area is 108 Å². The topological polar surface area (TPSA) is 74.2 Å². The van der Waals surface area contributed by atoms with Crippen LogP contribution in [0.3, 0.4) is 0 Å².